The van der Waals surface area contributed by atoms with Gasteiger partial charge >= 0.3 is 0 Å². The molecule has 0 saturated carbocycles. The van der Waals surface area contributed by atoms with Crippen molar-refractivity contribution >= 4 is 6.08 Å². The molecule has 0 fully saturated rings. The van der Waals surface area contributed by atoms with Crippen LogP contribution in [0.2, 0.25) is 0 Å². The highest BCUT2D eigenvalue weighted by atomic mass is 16.6. The molecule has 0 amide bonds. The van der Waals surface area contributed by atoms with Crippen LogP contribution in [0.3, 0.4) is 0 Å². The van der Waals surface area contributed by atoms with Gasteiger partial charge in [-0.15, -0.1) is 0 Å². The van der Waals surface area contributed by atoms with Crippen molar-refractivity contribution in [1.82, 2.24) is 0 Å². The van der Waals surface area contributed by atoms with E-state index in [9.17, 15) is 10.1 Å². The fraction of sp³-hybridized carbons (Fsp3) is 0.333. The highest BCUT2D eigenvalue weighted by Gasteiger charge is 2.14. The Balaban J connectivity index is 3.05. The molecule has 1 aromatic rings. The van der Waals surface area contributed by atoms with E-state index in [0.29, 0.717) is 18.8 Å². The van der Waals surface area contributed by atoms with Crippen LogP contribution in [-0.2, 0) is 0 Å². The molecule has 0 unspecified atom stereocenters. The van der Waals surface area contributed by atoms with E-state index in [1.54, 1.807) is 18.2 Å². The number of allylic oxidation sites excluding steroid dienone is 1. The van der Waals surface area contributed by atoms with Crippen molar-refractivity contribution in [2.24, 2.45) is 5.92 Å². The van der Waals surface area contributed by atoms with Crippen molar-refractivity contribution < 1.29 is 9.66 Å². The highest BCUT2D eigenvalue weighted by Crippen LogP contribution is 2.23. The number of hydrogen-bond acceptors (Lipinski definition) is 3. The number of para-hydroxylation sites is 1. The van der Waals surface area contributed by atoms with Gasteiger partial charge < -0.3 is 4.74 Å². The Morgan fingerprint density at radius 3 is 2.74 bits per heavy atom. The van der Waals surface area contributed by atoms with E-state index in [4.69, 9.17) is 4.74 Å². The minimum Gasteiger partial charge on any atom is -0.489 e. The lowest BCUT2D eigenvalue weighted by Crippen LogP contribution is -2.03. The third kappa shape index (κ3) is 4.95. The lowest BCUT2D eigenvalue weighted by atomic mass is 10.1. The van der Waals surface area contributed by atoms with Crippen LogP contribution >= 0.6 is 0 Å². The zero-order valence-electron chi connectivity index (χ0n) is 11.3. The second-order valence-corrected chi connectivity index (χ2v) is 4.63. The van der Waals surface area contributed by atoms with Crippen LogP contribution in [0.5, 0.6) is 5.75 Å². The molecule has 0 aliphatic rings. The van der Waals surface area contributed by atoms with Crippen molar-refractivity contribution in [2.75, 3.05) is 6.61 Å². The molecule has 0 heterocycles. The Morgan fingerprint density at radius 2 is 2.16 bits per heavy atom. The highest BCUT2D eigenvalue weighted by molar-refractivity contribution is 5.58. The molecular weight excluding hydrogens is 242 g/mol. The van der Waals surface area contributed by atoms with E-state index < -0.39 is 0 Å². The number of hydrogen-bond donors (Lipinski definition) is 0. The summed E-state index contributed by atoms with van der Waals surface area (Å²) in [5.41, 5.74) is 0.918. The summed E-state index contributed by atoms with van der Waals surface area (Å²) in [5, 5.41) is 11.0. The van der Waals surface area contributed by atoms with E-state index in [0.717, 1.165) is 5.56 Å². The second kappa shape index (κ2) is 7.36. The molecule has 0 radical (unpaired) electrons. The van der Waals surface area contributed by atoms with E-state index in [1.165, 1.54) is 0 Å². The van der Waals surface area contributed by atoms with Crippen molar-refractivity contribution in [3.05, 3.63) is 58.3 Å². The third-order valence-electron chi connectivity index (χ3n) is 2.45. The number of nitro groups is 1. The zero-order chi connectivity index (χ0) is 14.3. The number of nitrogens with zero attached hydrogens (tertiary/aromatic N) is 1. The van der Waals surface area contributed by atoms with E-state index >= 15 is 0 Å². The molecule has 0 N–H and O–H groups in total. The summed E-state index contributed by atoms with van der Waals surface area (Å²) in [4.78, 5) is 10.7. The fourth-order valence-electron chi connectivity index (χ4n) is 1.66. The second-order valence-electron chi connectivity index (χ2n) is 4.63. The number of benzene rings is 1. The maximum atomic E-state index is 11.0. The molecule has 19 heavy (non-hydrogen) atoms. The van der Waals surface area contributed by atoms with Gasteiger partial charge in [-0.05, 0) is 12.0 Å². The Hall–Kier alpha value is -2.10. The first-order valence-corrected chi connectivity index (χ1v) is 6.22. The predicted octanol–water partition coefficient (Wildman–Crippen LogP) is 3.92. The van der Waals surface area contributed by atoms with Gasteiger partial charge in [0.25, 0.3) is 0 Å². The first-order valence-electron chi connectivity index (χ1n) is 6.22. The summed E-state index contributed by atoms with van der Waals surface area (Å²) < 4.78 is 5.49. The molecule has 0 atom stereocenters. The molecule has 4 nitrogen and oxygen atoms in total. The van der Waals surface area contributed by atoms with Gasteiger partial charge in [0.15, 0.2) is 0 Å². The van der Waals surface area contributed by atoms with E-state index in [2.05, 4.69) is 6.58 Å². The zero-order valence-corrected chi connectivity index (χ0v) is 11.3. The van der Waals surface area contributed by atoms with Crippen molar-refractivity contribution in [3.8, 4) is 5.75 Å². The molecule has 4 heteroatoms. The van der Waals surface area contributed by atoms with Crippen LogP contribution in [0.4, 0.5) is 0 Å². The van der Waals surface area contributed by atoms with Crippen LogP contribution in [0.1, 0.15) is 25.8 Å². The largest absolute Gasteiger partial charge is 0.489 e. The maximum absolute atomic E-state index is 11.0. The van der Waals surface area contributed by atoms with Gasteiger partial charge in [0.05, 0.1) is 4.92 Å². The van der Waals surface area contributed by atoms with Crippen LogP contribution in [0.15, 0.2) is 42.6 Å². The van der Waals surface area contributed by atoms with Crippen molar-refractivity contribution in [3.63, 3.8) is 0 Å². The normalized spacial score (nSPS) is 11.4. The Bertz CT molecular complexity index is 478. The Labute approximate surface area is 113 Å². The smallest absolute Gasteiger partial charge is 0.247 e. The topological polar surface area (TPSA) is 52.4 Å². The molecule has 0 saturated heterocycles. The fourth-order valence-corrected chi connectivity index (χ4v) is 1.66. The summed E-state index contributed by atoms with van der Waals surface area (Å²) in [7, 11) is 0. The molecule has 0 aromatic heterocycles. The van der Waals surface area contributed by atoms with Crippen LogP contribution < -0.4 is 4.74 Å². The molecule has 102 valence electrons. The molecule has 0 aliphatic heterocycles. The standard InChI is InChI=1S/C15H19NO3/c1-4-9-19-15-8-6-5-7-13(15)11-14(16(17)18)10-12(2)3/h4-8,11-12H,1,9-10H2,2-3H3. The Kier molecular flexibility index (Phi) is 5.79. The average Bonchev–Trinajstić information content (AvgIpc) is 2.36. The third-order valence-corrected chi connectivity index (χ3v) is 2.45. The Morgan fingerprint density at radius 1 is 1.47 bits per heavy atom. The summed E-state index contributed by atoms with van der Waals surface area (Å²) in [6.07, 6.45) is 3.66. The number of ether oxygens (including phenoxy) is 1. The molecule has 0 aliphatic carbocycles. The van der Waals surface area contributed by atoms with Gasteiger partial charge in [-0.1, -0.05) is 44.7 Å². The monoisotopic (exact) mass is 261 g/mol. The van der Waals surface area contributed by atoms with Crippen LogP contribution in [0.25, 0.3) is 6.08 Å². The van der Waals surface area contributed by atoms with Gasteiger partial charge in [-0.3, -0.25) is 10.1 Å². The van der Waals surface area contributed by atoms with Crippen LogP contribution in [-0.4, -0.2) is 11.5 Å². The molecule has 1 rings (SSSR count). The lowest BCUT2D eigenvalue weighted by Gasteiger charge is -2.07. The van der Waals surface area contributed by atoms with Crippen LogP contribution in [0, 0.1) is 16.0 Å². The minimum absolute atomic E-state index is 0.199. The first-order chi connectivity index (χ1) is 9.04. The van der Waals surface area contributed by atoms with Crippen molar-refractivity contribution in [2.45, 2.75) is 20.3 Å². The van der Waals surface area contributed by atoms with Gasteiger partial charge in [0.1, 0.15) is 12.4 Å². The number of rotatable bonds is 7. The minimum atomic E-state index is -0.329. The molecule has 0 spiro atoms. The van der Waals surface area contributed by atoms with Gasteiger partial charge in [0.2, 0.25) is 5.70 Å². The van der Waals surface area contributed by atoms with Gasteiger partial charge in [0, 0.05) is 18.1 Å². The van der Waals surface area contributed by atoms with E-state index in [-0.39, 0.29) is 16.5 Å². The van der Waals surface area contributed by atoms with E-state index in [1.807, 2.05) is 32.0 Å². The predicted molar refractivity (Wildman–Crippen MR) is 76.6 cm³/mol. The molecular formula is C15H19NO3. The maximum Gasteiger partial charge on any atom is 0.247 e. The first kappa shape index (κ1) is 15.0. The summed E-state index contributed by atoms with van der Waals surface area (Å²) >= 11 is 0. The average molecular weight is 261 g/mol. The van der Waals surface area contributed by atoms with Crippen molar-refractivity contribution in [1.29, 1.82) is 0 Å². The summed E-state index contributed by atoms with van der Waals surface area (Å²) in [6, 6.07) is 7.27. The lowest BCUT2D eigenvalue weighted by molar-refractivity contribution is -0.427. The molecule has 1 aromatic carbocycles. The van der Waals surface area contributed by atoms with Gasteiger partial charge in [-0.2, -0.15) is 0 Å². The summed E-state index contributed by atoms with van der Waals surface area (Å²) in [6.45, 7) is 7.87. The summed E-state index contributed by atoms with van der Waals surface area (Å²) in [5.74, 6) is 0.864. The SMILES string of the molecule is C=CCOc1ccccc1C=C(CC(C)C)[N+](=O)[O-]. The molecule has 0 bridgehead atoms. The quantitative estimate of drug-likeness (QED) is 0.424. The van der Waals surface area contributed by atoms with Gasteiger partial charge in [-0.25, -0.2) is 0 Å².